The van der Waals surface area contributed by atoms with Crippen LogP contribution in [-0.2, 0) is 11.3 Å². The van der Waals surface area contributed by atoms with Gasteiger partial charge in [0.2, 0.25) is 0 Å². The fraction of sp³-hybridized carbons (Fsp3) is 0.0909. The Kier molecular flexibility index (Phi) is 2.66. The number of rotatable bonds is 3. The van der Waals surface area contributed by atoms with Crippen LogP contribution in [0.2, 0.25) is 5.02 Å². The molecule has 1 N–H and O–H groups in total. The highest BCUT2D eigenvalue weighted by Gasteiger charge is 2.16. The molecule has 0 saturated heterocycles. The number of carboxylic acid groups (broad SMARTS) is 1. The van der Waals surface area contributed by atoms with Crippen LogP contribution in [0.4, 0.5) is 0 Å². The molecule has 0 bridgehead atoms. The molecule has 0 aliphatic carbocycles. The lowest BCUT2D eigenvalue weighted by atomic mass is 10.2. The molecule has 1 heterocycles. The average Bonchev–Trinajstić information content (AvgIpc) is 2.52. The molecule has 0 fully saturated rings. The summed E-state index contributed by atoms with van der Waals surface area (Å²) in [5.74, 6) is -1.01. The molecule has 0 saturated carbocycles. The molecular formula is C11H8ClNO3. The van der Waals surface area contributed by atoms with E-state index in [2.05, 4.69) is 0 Å². The molecule has 0 atom stereocenters. The SMILES string of the molecule is O=Cc1c(Cl)c2ccccc2n1CC(=O)O. The first-order valence-corrected chi connectivity index (χ1v) is 4.96. The van der Waals surface area contributed by atoms with Crippen molar-refractivity contribution in [2.75, 3.05) is 0 Å². The molecule has 16 heavy (non-hydrogen) atoms. The van der Waals surface area contributed by atoms with Crippen LogP contribution in [0.15, 0.2) is 24.3 Å². The third-order valence-electron chi connectivity index (χ3n) is 2.35. The van der Waals surface area contributed by atoms with Gasteiger partial charge < -0.3 is 9.67 Å². The van der Waals surface area contributed by atoms with Crippen LogP contribution < -0.4 is 0 Å². The number of aliphatic carboxylic acids is 1. The van der Waals surface area contributed by atoms with E-state index in [4.69, 9.17) is 16.7 Å². The number of halogens is 1. The highest BCUT2D eigenvalue weighted by Crippen LogP contribution is 2.29. The maximum atomic E-state index is 10.9. The van der Waals surface area contributed by atoms with Crippen molar-refractivity contribution in [2.24, 2.45) is 0 Å². The highest BCUT2D eigenvalue weighted by atomic mass is 35.5. The molecule has 1 aromatic carbocycles. The predicted molar refractivity (Wildman–Crippen MR) is 60.0 cm³/mol. The summed E-state index contributed by atoms with van der Waals surface area (Å²) in [6.45, 7) is -0.276. The lowest BCUT2D eigenvalue weighted by molar-refractivity contribution is -0.137. The summed E-state index contributed by atoms with van der Waals surface area (Å²) in [6, 6.07) is 7.04. The Labute approximate surface area is 96.0 Å². The summed E-state index contributed by atoms with van der Waals surface area (Å²) < 4.78 is 1.40. The van der Waals surface area contributed by atoms with Gasteiger partial charge in [0, 0.05) is 5.39 Å². The topological polar surface area (TPSA) is 59.3 Å². The van der Waals surface area contributed by atoms with E-state index in [-0.39, 0.29) is 12.2 Å². The van der Waals surface area contributed by atoms with Gasteiger partial charge in [0.15, 0.2) is 6.29 Å². The van der Waals surface area contributed by atoms with E-state index >= 15 is 0 Å². The number of carbonyl (C=O) groups is 2. The van der Waals surface area contributed by atoms with Crippen LogP contribution in [0.25, 0.3) is 10.9 Å². The van der Waals surface area contributed by atoms with Gasteiger partial charge in [-0.3, -0.25) is 9.59 Å². The van der Waals surface area contributed by atoms with Crippen LogP contribution in [0.3, 0.4) is 0 Å². The Morgan fingerprint density at radius 2 is 2.12 bits per heavy atom. The van der Waals surface area contributed by atoms with Gasteiger partial charge >= 0.3 is 5.97 Å². The minimum Gasteiger partial charge on any atom is -0.480 e. The number of aldehydes is 1. The van der Waals surface area contributed by atoms with Crippen molar-refractivity contribution >= 4 is 34.8 Å². The van der Waals surface area contributed by atoms with Gasteiger partial charge in [0.25, 0.3) is 0 Å². The largest absolute Gasteiger partial charge is 0.480 e. The number of fused-ring (bicyclic) bond motifs is 1. The van der Waals surface area contributed by atoms with E-state index in [9.17, 15) is 9.59 Å². The quantitative estimate of drug-likeness (QED) is 0.833. The first-order chi connectivity index (χ1) is 7.65. The van der Waals surface area contributed by atoms with Crippen molar-refractivity contribution in [3.63, 3.8) is 0 Å². The fourth-order valence-electron chi connectivity index (χ4n) is 1.70. The van der Waals surface area contributed by atoms with Crippen molar-refractivity contribution in [1.82, 2.24) is 4.57 Å². The number of para-hydroxylation sites is 1. The maximum Gasteiger partial charge on any atom is 0.323 e. The van der Waals surface area contributed by atoms with Gasteiger partial charge in [-0.05, 0) is 6.07 Å². The zero-order chi connectivity index (χ0) is 11.7. The summed E-state index contributed by atoms with van der Waals surface area (Å²) in [5, 5.41) is 9.76. The minimum atomic E-state index is -1.01. The number of hydrogen-bond donors (Lipinski definition) is 1. The van der Waals surface area contributed by atoms with E-state index in [0.29, 0.717) is 22.2 Å². The Balaban J connectivity index is 2.77. The zero-order valence-electron chi connectivity index (χ0n) is 8.18. The molecule has 0 aliphatic rings. The molecule has 2 aromatic rings. The second-order valence-corrected chi connectivity index (χ2v) is 3.69. The molecule has 4 nitrogen and oxygen atoms in total. The van der Waals surface area contributed by atoms with Crippen molar-refractivity contribution in [2.45, 2.75) is 6.54 Å². The summed E-state index contributed by atoms with van der Waals surface area (Å²) in [5.41, 5.74) is 0.849. The summed E-state index contributed by atoms with van der Waals surface area (Å²) >= 11 is 6.00. The summed E-state index contributed by atoms with van der Waals surface area (Å²) in [6.07, 6.45) is 0.575. The normalized spacial score (nSPS) is 10.6. The molecular weight excluding hydrogens is 230 g/mol. The maximum absolute atomic E-state index is 10.9. The number of aromatic nitrogens is 1. The molecule has 0 unspecified atom stereocenters. The van der Waals surface area contributed by atoms with Gasteiger partial charge in [0.1, 0.15) is 12.2 Å². The minimum absolute atomic E-state index is 0.199. The Morgan fingerprint density at radius 3 is 2.75 bits per heavy atom. The molecule has 82 valence electrons. The molecule has 5 heteroatoms. The molecule has 1 aromatic heterocycles. The van der Waals surface area contributed by atoms with Crippen LogP contribution in [-0.4, -0.2) is 21.9 Å². The molecule has 2 rings (SSSR count). The van der Waals surface area contributed by atoms with Gasteiger partial charge in [-0.25, -0.2) is 0 Å². The molecule has 0 spiro atoms. The summed E-state index contributed by atoms with van der Waals surface area (Å²) in [7, 11) is 0. The van der Waals surface area contributed by atoms with Crippen LogP contribution in [0.5, 0.6) is 0 Å². The lowest BCUT2D eigenvalue weighted by Crippen LogP contribution is -2.11. The van der Waals surface area contributed by atoms with E-state index < -0.39 is 5.97 Å². The van der Waals surface area contributed by atoms with Gasteiger partial charge in [-0.1, -0.05) is 29.8 Å². The Bertz CT molecular complexity index is 574. The molecule has 0 amide bonds. The second kappa shape index (κ2) is 3.98. The van der Waals surface area contributed by atoms with E-state index in [1.54, 1.807) is 24.3 Å². The smallest absolute Gasteiger partial charge is 0.323 e. The van der Waals surface area contributed by atoms with Crippen LogP contribution in [0, 0.1) is 0 Å². The van der Waals surface area contributed by atoms with E-state index in [1.807, 2.05) is 0 Å². The van der Waals surface area contributed by atoms with Crippen molar-refractivity contribution in [3.05, 3.63) is 35.0 Å². The lowest BCUT2D eigenvalue weighted by Gasteiger charge is -2.02. The Morgan fingerprint density at radius 1 is 1.44 bits per heavy atom. The monoisotopic (exact) mass is 237 g/mol. The first kappa shape index (κ1) is 10.7. The fourth-order valence-corrected chi connectivity index (χ4v) is 2.01. The van der Waals surface area contributed by atoms with Gasteiger partial charge in [-0.15, -0.1) is 0 Å². The average molecular weight is 238 g/mol. The van der Waals surface area contributed by atoms with Crippen molar-refractivity contribution in [3.8, 4) is 0 Å². The standard InChI is InChI=1S/C11H8ClNO3/c12-11-7-3-1-2-4-8(7)13(5-10(15)16)9(11)6-14/h1-4,6H,5H2,(H,15,16). The molecule has 0 aliphatic heterocycles. The third-order valence-corrected chi connectivity index (χ3v) is 2.75. The van der Waals surface area contributed by atoms with Gasteiger partial charge in [-0.2, -0.15) is 0 Å². The number of carboxylic acids is 1. The van der Waals surface area contributed by atoms with E-state index in [0.717, 1.165) is 0 Å². The first-order valence-electron chi connectivity index (χ1n) is 4.59. The molecule has 0 radical (unpaired) electrons. The number of carbonyl (C=O) groups excluding carboxylic acids is 1. The zero-order valence-corrected chi connectivity index (χ0v) is 8.94. The predicted octanol–water partition coefficient (Wildman–Crippen LogP) is 2.19. The highest BCUT2D eigenvalue weighted by molar-refractivity contribution is 6.38. The number of benzene rings is 1. The van der Waals surface area contributed by atoms with Crippen molar-refractivity contribution in [1.29, 1.82) is 0 Å². The Hall–Kier alpha value is -1.81. The summed E-state index contributed by atoms with van der Waals surface area (Å²) in [4.78, 5) is 21.6. The van der Waals surface area contributed by atoms with Crippen LogP contribution in [0.1, 0.15) is 10.5 Å². The van der Waals surface area contributed by atoms with Gasteiger partial charge in [0.05, 0.1) is 10.5 Å². The second-order valence-electron chi connectivity index (χ2n) is 3.31. The number of hydrogen-bond acceptors (Lipinski definition) is 2. The van der Waals surface area contributed by atoms with E-state index in [1.165, 1.54) is 4.57 Å². The van der Waals surface area contributed by atoms with Crippen molar-refractivity contribution < 1.29 is 14.7 Å². The van der Waals surface area contributed by atoms with Crippen LogP contribution >= 0.6 is 11.6 Å². The third kappa shape index (κ3) is 1.57. The number of nitrogens with zero attached hydrogens (tertiary/aromatic N) is 1.